The molecule has 1 saturated carbocycles. The van der Waals surface area contributed by atoms with Gasteiger partial charge in [-0.15, -0.1) is 0 Å². The molecule has 0 radical (unpaired) electrons. The average Bonchev–Trinajstić information content (AvgIpc) is 3.05. The molecular formula is C12H16ClN3O. The third-order valence-corrected chi connectivity index (χ3v) is 3.48. The minimum atomic E-state index is 0.381. The smallest absolute Gasteiger partial charge is 0.233 e. The highest BCUT2D eigenvalue weighted by Gasteiger charge is 2.32. The Morgan fingerprint density at radius 3 is 2.82 bits per heavy atom. The summed E-state index contributed by atoms with van der Waals surface area (Å²) >= 11 is 5.73. The molecule has 92 valence electrons. The molecule has 1 aliphatic heterocycles. The van der Waals surface area contributed by atoms with Gasteiger partial charge in [-0.1, -0.05) is 11.6 Å². The van der Waals surface area contributed by atoms with E-state index < -0.39 is 0 Å². The maximum absolute atomic E-state index is 5.73. The van der Waals surface area contributed by atoms with Crippen LogP contribution >= 0.6 is 11.6 Å². The molecular weight excluding hydrogens is 238 g/mol. The summed E-state index contributed by atoms with van der Waals surface area (Å²) in [5.74, 6) is 2.14. The molecule has 2 heterocycles. The van der Waals surface area contributed by atoms with Crippen molar-refractivity contribution in [3.63, 3.8) is 0 Å². The van der Waals surface area contributed by atoms with Crippen molar-refractivity contribution in [1.29, 1.82) is 0 Å². The molecule has 0 amide bonds. The fraction of sp³-hybridized carbons (Fsp3) is 0.667. The minimum absolute atomic E-state index is 0.381. The van der Waals surface area contributed by atoms with Gasteiger partial charge in [0.1, 0.15) is 0 Å². The zero-order valence-electron chi connectivity index (χ0n) is 9.68. The third kappa shape index (κ3) is 3.07. The van der Waals surface area contributed by atoms with Gasteiger partial charge in [0.15, 0.2) is 5.15 Å². The monoisotopic (exact) mass is 253 g/mol. The molecule has 0 unspecified atom stereocenters. The maximum atomic E-state index is 5.73. The highest BCUT2D eigenvalue weighted by molar-refractivity contribution is 6.29. The second-order valence-corrected chi connectivity index (χ2v) is 5.41. The first-order valence-electron chi connectivity index (χ1n) is 6.12. The molecule has 5 heteroatoms. The Morgan fingerprint density at radius 1 is 1.29 bits per heavy atom. The van der Waals surface area contributed by atoms with E-state index in [-0.39, 0.29) is 0 Å². The fourth-order valence-corrected chi connectivity index (χ4v) is 2.33. The van der Waals surface area contributed by atoms with Gasteiger partial charge in [0, 0.05) is 25.6 Å². The molecule has 17 heavy (non-hydrogen) atoms. The Bertz CT molecular complexity index is 391. The van der Waals surface area contributed by atoms with E-state index >= 15 is 0 Å². The summed E-state index contributed by atoms with van der Waals surface area (Å²) in [6, 6.07) is 0. The van der Waals surface area contributed by atoms with Crippen molar-refractivity contribution in [2.45, 2.75) is 12.8 Å². The molecule has 0 atom stereocenters. The van der Waals surface area contributed by atoms with Gasteiger partial charge in [0.25, 0.3) is 0 Å². The Kier molecular flexibility index (Phi) is 3.16. The molecule has 1 saturated heterocycles. The van der Waals surface area contributed by atoms with Crippen molar-refractivity contribution in [3.8, 4) is 5.88 Å². The van der Waals surface area contributed by atoms with Gasteiger partial charge in [-0.25, -0.2) is 0 Å². The number of hydrogen-bond acceptors (Lipinski definition) is 4. The predicted molar refractivity (Wildman–Crippen MR) is 65.2 cm³/mol. The average molecular weight is 254 g/mol. The van der Waals surface area contributed by atoms with Gasteiger partial charge in [0.2, 0.25) is 5.88 Å². The van der Waals surface area contributed by atoms with Crippen LogP contribution in [0.3, 0.4) is 0 Å². The summed E-state index contributed by atoms with van der Waals surface area (Å²) in [4.78, 5) is 10.5. The largest absolute Gasteiger partial charge is 0.476 e. The Labute approximate surface area is 106 Å². The summed E-state index contributed by atoms with van der Waals surface area (Å²) in [6.45, 7) is 4.32. The predicted octanol–water partition coefficient (Wildman–Crippen LogP) is 1.85. The Morgan fingerprint density at radius 2 is 2.12 bits per heavy atom. The first-order valence-corrected chi connectivity index (χ1v) is 6.50. The molecule has 0 spiro atoms. The second-order valence-electron chi connectivity index (χ2n) is 5.02. The first-order chi connectivity index (χ1) is 8.29. The number of nitrogens with zero attached hydrogens (tertiary/aromatic N) is 3. The van der Waals surface area contributed by atoms with Gasteiger partial charge < -0.3 is 9.64 Å². The number of rotatable bonds is 5. The number of likely N-dealkylation sites (tertiary alicyclic amines) is 1. The van der Waals surface area contributed by atoms with Crippen LogP contribution in [0.4, 0.5) is 0 Å². The first kappa shape index (κ1) is 11.2. The van der Waals surface area contributed by atoms with Crippen LogP contribution in [-0.4, -0.2) is 41.1 Å². The summed E-state index contributed by atoms with van der Waals surface area (Å²) in [5, 5.41) is 0.381. The molecule has 4 nitrogen and oxygen atoms in total. The Hall–Kier alpha value is -0.870. The van der Waals surface area contributed by atoms with Crippen LogP contribution in [0.5, 0.6) is 5.88 Å². The van der Waals surface area contributed by atoms with Gasteiger partial charge in [-0.05, 0) is 18.8 Å². The van der Waals surface area contributed by atoms with Crippen molar-refractivity contribution in [3.05, 3.63) is 17.5 Å². The normalized spacial score (nSPS) is 21.2. The lowest BCUT2D eigenvalue weighted by Gasteiger charge is -2.39. The van der Waals surface area contributed by atoms with E-state index in [1.165, 1.54) is 25.6 Å². The zero-order chi connectivity index (χ0) is 11.7. The summed E-state index contributed by atoms with van der Waals surface area (Å²) in [7, 11) is 0. The lowest BCUT2D eigenvalue weighted by atomic mass is 10.0. The van der Waals surface area contributed by atoms with E-state index in [9.17, 15) is 0 Å². The highest BCUT2D eigenvalue weighted by Crippen LogP contribution is 2.32. The molecule has 1 aliphatic carbocycles. The van der Waals surface area contributed by atoms with Crippen LogP contribution in [-0.2, 0) is 0 Å². The fourth-order valence-electron chi connectivity index (χ4n) is 2.20. The van der Waals surface area contributed by atoms with Crippen molar-refractivity contribution in [1.82, 2.24) is 14.9 Å². The van der Waals surface area contributed by atoms with Crippen LogP contribution in [0.2, 0.25) is 5.15 Å². The summed E-state index contributed by atoms with van der Waals surface area (Å²) < 4.78 is 5.57. The van der Waals surface area contributed by atoms with E-state index in [1.54, 1.807) is 6.20 Å². The molecule has 1 aromatic heterocycles. The molecule has 2 fully saturated rings. The number of hydrogen-bond donors (Lipinski definition) is 0. The van der Waals surface area contributed by atoms with Crippen molar-refractivity contribution < 1.29 is 4.74 Å². The lowest BCUT2D eigenvalue weighted by molar-refractivity contribution is 0.0568. The van der Waals surface area contributed by atoms with Crippen molar-refractivity contribution in [2.75, 3.05) is 26.2 Å². The highest BCUT2D eigenvalue weighted by atomic mass is 35.5. The second kappa shape index (κ2) is 4.78. The summed E-state index contributed by atoms with van der Waals surface area (Å²) in [6.07, 6.45) is 5.97. The summed E-state index contributed by atoms with van der Waals surface area (Å²) in [5.41, 5.74) is 0. The van der Waals surface area contributed by atoms with Crippen LogP contribution in [0, 0.1) is 11.8 Å². The van der Waals surface area contributed by atoms with E-state index in [4.69, 9.17) is 16.3 Å². The minimum Gasteiger partial charge on any atom is -0.476 e. The SMILES string of the molecule is Clc1cncc(OCC2CN(CC3CC3)C2)n1. The zero-order valence-corrected chi connectivity index (χ0v) is 10.4. The molecule has 0 aromatic carbocycles. The standard InChI is InChI=1S/C12H16ClN3O/c13-11-3-14-4-12(15-11)17-8-10-6-16(7-10)5-9-1-2-9/h3-4,9-10H,1-2,5-8H2. The molecule has 0 N–H and O–H groups in total. The quantitative estimate of drug-likeness (QED) is 0.803. The van der Waals surface area contributed by atoms with E-state index in [2.05, 4.69) is 14.9 Å². The van der Waals surface area contributed by atoms with Gasteiger partial charge in [-0.2, -0.15) is 4.98 Å². The molecule has 2 aliphatic rings. The van der Waals surface area contributed by atoms with Crippen LogP contribution < -0.4 is 4.74 Å². The van der Waals surface area contributed by atoms with Gasteiger partial charge in [0.05, 0.1) is 19.0 Å². The van der Waals surface area contributed by atoms with Crippen LogP contribution in [0.25, 0.3) is 0 Å². The molecule has 3 rings (SSSR count). The lowest BCUT2D eigenvalue weighted by Crippen LogP contribution is -2.49. The molecule has 1 aromatic rings. The van der Waals surface area contributed by atoms with Crippen molar-refractivity contribution in [2.24, 2.45) is 11.8 Å². The number of halogens is 1. The van der Waals surface area contributed by atoms with E-state index in [1.807, 2.05) is 0 Å². The molecule has 0 bridgehead atoms. The topological polar surface area (TPSA) is 38.2 Å². The van der Waals surface area contributed by atoms with Gasteiger partial charge in [-0.3, -0.25) is 4.98 Å². The third-order valence-electron chi connectivity index (χ3n) is 3.30. The Balaban J connectivity index is 1.38. The van der Waals surface area contributed by atoms with Gasteiger partial charge >= 0.3 is 0 Å². The van der Waals surface area contributed by atoms with Crippen LogP contribution in [0.1, 0.15) is 12.8 Å². The number of ether oxygens (including phenoxy) is 1. The van der Waals surface area contributed by atoms with Crippen molar-refractivity contribution >= 4 is 11.6 Å². The van der Waals surface area contributed by atoms with Crippen LogP contribution in [0.15, 0.2) is 12.4 Å². The van der Waals surface area contributed by atoms with E-state index in [0.29, 0.717) is 17.0 Å². The van der Waals surface area contributed by atoms with E-state index in [0.717, 1.165) is 25.6 Å². The number of aromatic nitrogens is 2. The maximum Gasteiger partial charge on any atom is 0.233 e.